The Morgan fingerprint density at radius 3 is 2.71 bits per heavy atom. The van der Waals surface area contributed by atoms with Crippen LogP contribution in [0.5, 0.6) is 0 Å². The van der Waals surface area contributed by atoms with E-state index in [0.717, 1.165) is 18.4 Å². The molecule has 82 valence electrons. The van der Waals surface area contributed by atoms with Crippen LogP contribution in [0.3, 0.4) is 0 Å². The minimum absolute atomic E-state index is 0.390. The van der Waals surface area contributed by atoms with Crippen molar-refractivity contribution in [3.05, 3.63) is 0 Å². The third-order valence-corrected chi connectivity index (χ3v) is 4.51. The Labute approximate surface area is 87.5 Å². The van der Waals surface area contributed by atoms with E-state index in [4.69, 9.17) is 5.11 Å². The highest BCUT2D eigenvalue weighted by Gasteiger charge is 2.42. The first-order valence-electron chi connectivity index (χ1n) is 6.21. The summed E-state index contributed by atoms with van der Waals surface area (Å²) in [6.07, 6.45) is 8.01. The molecule has 1 N–H and O–H groups in total. The summed E-state index contributed by atoms with van der Waals surface area (Å²) in [7, 11) is 2.44. The van der Waals surface area contributed by atoms with Gasteiger partial charge in [0, 0.05) is 12.5 Å². The van der Waals surface area contributed by atoms with Crippen molar-refractivity contribution in [2.24, 2.45) is 5.92 Å². The van der Waals surface area contributed by atoms with Crippen molar-refractivity contribution in [1.29, 1.82) is 0 Å². The number of nitrogens with zero attached hydrogens (tertiary/aromatic N) is 1. The van der Waals surface area contributed by atoms with E-state index in [1.54, 1.807) is 0 Å². The van der Waals surface area contributed by atoms with Gasteiger partial charge in [0.2, 0.25) is 0 Å². The summed E-state index contributed by atoms with van der Waals surface area (Å²) >= 11 is 0. The summed E-state index contributed by atoms with van der Waals surface area (Å²) in [5.41, 5.74) is 0. The molecule has 3 atom stereocenters. The number of hydrogen-bond acceptors (Lipinski definition) is 1. The third-order valence-electron chi connectivity index (χ3n) is 4.51. The average molecular weight is 198 g/mol. The zero-order chi connectivity index (χ0) is 10.0. The van der Waals surface area contributed by atoms with Crippen molar-refractivity contribution in [2.75, 3.05) is 26.7 Å². The zero-order valence-electron chi connectivity index (χ0n) is 9.41. The Bertz CT molecular complexity index is 189. The molecular formula is C12H24NO+. The molecule has 0 aromatic rings. The fourth-order valence-electron chi connectivity index (χ4n) is 3.74. The highest BCUT2D eigenvalue weighted by atomic mass is 16.3. The van der Waals surface area contributed by atoms with Gasteiger partial charge in [-0.25, -0.2) is 0 Å². The average Bonchev–Trinajstić information content (AvgIpc) is 2.18. The summed E-state index contributed by atoms with van der Waals surface area (Å²) in [6, 6.07) is 0.865. The first kappa shape index (κ1) is 10.4. The number of piperidine rings is 2. The van der Waals surface area contributed by atoms with Crippen molar-refractivity contribution in [1.82, 2.24) is 0 Å². The highest BCUT2D eigenvalue weighted by molar-refractivity contribution is 4.78. The number of fused-ring (bicyclic) bond motifs is 1. The van der Waals surface area contributed by atoms with Crippen LogP contribution in [0.4, 0.5) is 0 Å². The minimum Gasteiger partial charge on any atom is -0.396 e. The molecule has 2 rings (SSSR count). The van der Waals surface area contributed by atoms with Crippen molar-refractivity contribution in [3.8, 4) is 0 Å². The number of aliphatic hydroxyl groups is 1. The maximum atomic E-state index is 9.09. The third kappa shape index (κ3) is 1.82. The Kier molecular flexibility index (Phi) is 3.13. The second-order valence-electron chi connectivity index (χ2n) is 5.40. The molecule has 2 aliphatic rings. The van der Waals surface area contributed by atoms with Gasteiger partial charge in [0.1, 0.15) is 0 Å². The van der Waals surface area contributed by atoms with Gasteiger partial charge in [-0.15, -0.1) is 0 Å². The number of hydrogen-bond donors (Lipinski definition) is 1. The molecule has 0 saturated carbocycles. The van der Waals surface area contributed by atoms with Crippen LogP contribution in [0.1, 0.15) is 38.5 Å². The monoisotopic (exact) mass is 198 g/mol. The minimum atomic E-state index is 0.390. The van der Waals surface area contributed by atoms with Crippen LogP contribution in [-0.2, 0) is 0 Å². The van der Waals surface area contributed by atoms with E-state index in [1.807, 2.05) is 0 Å². The summed E-state index contributed by atoms with van der Waals surface area (Å²) in [5, 5.41) is 9.09. The molecule has 2 fully saturated rings. The van der Waals surface area contributed by atoms with Crippen molar-refractivity contribution < 1.29 is 9.59 Å². The van der Waals surface area contributed by atoms with Gasteiger partial charge in [-0.1, -0.05) is 0 Å². The lowest BCUT2D eigenvalue weighted by Gasteiger charge is -2.51. The van der Waals surface area contributed by atoms with Gasteiger partial charge in [0.15, 0.2) is 0 Å². The highest BCUT2D eigenvalue weighted by Crippen LogP contribution is 2.37. The number of rotatable bonds is 2. The summed E-state index contributed by atoms with van der Waals surface area (Å²) in [4.78, 5) is 0. The van der Waals surface area contributed by atoms with Crippen LogP contribution >= 0.6 is 0 Å². The van der Waals surface area contributed by atoms with Crippen molar-refractivity contribution in [3.63, 3.8) is 0 Å². The Morgan fingerprint density at radius 2 is 1.93 bits per heavy atom. The van der Waals surface area contributed by atoms with Crippen LogP contribution in [0.25, 0.3) is 0 Å². The molecule has 0 unspecified atom stereocenters. The maximum Gasteiger partial charge on any atom is 0.0917 e. The predicted molar refractivity (Wildman–Crippen MR) is 58.0 cm³/mol. The van der Waals surface area contributed by atoms with E-state index < -0.39 is 0 Å². The molecule has 0 aliphatic carbocycles. The molecule has 2 nitrogen and oxygen atoms in total. The lowest BCUT2D eigenvalue weighted by molar-refractivity contribution is -0.947. The molecule has 2 heteroatoms. The topological polar surface area (TPSA) is 20.2 Å². The molecule has 2 saturated heterocycles. The predicted octanol–water partition coefficient (Wildman–Crippen LogP) is 1.78. The fraction of sp³-hybridized carbons (Fsp3) is 1.00. The zero-order valence-corrected chi connectivity index (χ0v) is 9.41. The molecule has 0 amide bonds. The Morgan fingerprint density at radius 1 is 1.14 bits per heavy atom. The van der Waals surface area contributed by atoms with Gasteiger partial charge in [0.05, 0.1) is 26.2 Å². The van der Waals surface area contributed by atoms with Crippen molar-refractivity contribution >= 4 is 0 Å². The molecule has 0 aromatic heterocycles. The van der Waals surface area contributed by atoms with Crippen LogP contribution < -0.4 is 0 Å². The van der Waals surface area contributed by atoms with E-state index in [2.05, 4.69) is 7.05 Å². The molecule has 2 heterocycles. The van der Waals surface area contributed by atoms with Gasteiger partial charge in [-0.3, -0.25) is 0 Å². The normalized spacial score (nSPS) is 43.3. The lowest BCUT2D eigenvalue weighted by Crippen LogP contribution is -2.60. The fourth-order valence-corrected chi connectivity index (χ4v) is 3.74. The Hall–Kier alpha value is -0.0800. The molecule has 0 bridgehead atoms. The molecule has 14 heavy (non-hydrogen) atoms. The molecular weight excluding hydrogens is 174 g/mol. The molecule has 0 spiro atoms. The number of quaternary nitrogens is 1. The van der Waals surface area contributed by atoms with E-state index in [9.17, 15) is 0 Å². The molecule has 0 radical (unpaired) electrons. The van der Waals surface area contributed by atoms with Crippen LogP contribution in [0.15, 0.2) is 0 Å². The largest absolute Gasteiger partial charge is 0.396 e. The second kappa shape index (κ2) is 4.19. The SMILES string of the molecule is C[N@@+]12CCCC[C@@H]1[C@@H](CCO)CCC2. The van der Waals surface area contributed by atoms with Gasteiger partial charge < -0.3 is 9.59 Å². The smallest absolute Gasteiger partial charge is 0.0917 e. The standard InChI is InChI=1S/C12H24NO/c1-13-8-3-2-6-12(13)11(7-10-14)5-4-9-13/h11-12,14H,2-10H2,1H3/q+1/t11-,12-,13+/m1/s1. The van der Waals surface area contributed by atoms with E-state index in [0.29, 0.717) is 6.61 Å². The lowest BCUT2D eigenvalue weighted by atomic mass is 9.80. The summed E-state index contributed by atoms with van der Waals surface area (Å²) in [6.45, 7) is 3.15. The quantitative estimate of drug-likeness (QED) is 0.671. The van der Waals surface area contributed by atoms with Gasteiger partial charge in [-0.05, 0) is 38.5 Å². The van der Waals surface area contributed by atoms with Crippen LogP contribution in [-0.4, -0.2) is 42.4 Å². The second-order valence-corrected chi connectivity index (χ2v) is 5.40. The number of aliphatic hydroxyl groups excluding tert-OH is 1. The summed E-state index contributed by atoms with van der Waals surface area (Å²) < 4.78 is 1.31. The van der Waals surface area contributed by atoms with Gasteiger partial charge in [-0.2, -0.15) is 0 Å². The van der Waals surface area contributed by atoms with Crippen LogP contribution in [0.2, 0.25) is 0 Å². The van der Waals surface area contributed by atoms with Gasteiger partial charge >= 0.3 is 0 Å². The molecule has 2 aliphatic heterocycles. The van der Waals surface area contributed by atoms with Gasteiger partial charge in [0.25, 0.3) is 0 Å². The van der Waals surface area contributed by atoms with E-state index in [1.165, 1.54) is 49.7 Å². The van der Waals surface area contributed by atoms with Crippen molar-refractivity contribution in [2.45, 2.75) is 44.6 Å². The van der Waals surface area contributed by atoms with E-state index >= 15 is 0 Å². The van der Waals surface area contributed by atoms with Crippen LogP contribution in [0, 0.1) is 5.92 Å². The Balaban J connectivity index is 2.06. The molecule has 0 aromatic carbocycles. The van der Waals surface area contributed by atoms with E-state index in [-0.39, 0.29) is 0 Å². The maximum absolute atomic E-state index is 9.09. The first-order valence-corrected chi connectivity index (χ1v) is 6.21. The summed E-state index contributed by atoms with van der Waals surface area (Å²) in [5.74, 6) is 0.805. The first-order chi connectivity index (χ1) is 6.76.